The molecule has 4 nitrogen and oxygen atoms in total. The zero-order chi connectivity index (χ0) is 11.1. The molecule has 0 radical (unpaired) electrons. The monoisotopic (exact) mass is 209 g/mol. The summed E-state index contributed by atoms with van der Waals surface area (Å²) in [5.41, 5.74) is 8.32. The predicted octanol–water partition coefficient (Wildman–Crippen LogP) is 1.47. The second-order valence-corrected chi connectivity index (χ2v) is 4.46. The Morgan fingerprint density at radius 1 is 1.40 bits per heavy atom. The van der Waals surface area contributed by atoms with E-state index in [1.54, 1.807) is 11.8 Å². The van der Waals surface area contributed by atoms with E-state index in [2.05, 4.69) is 5.10 Å². The van der Waals surface area contributed by atoms with Gasteiger partial charge < -0.3 is 10.5 Å². The first-order chi connectivity index (χ1) is 7.08. The third-order valence-corrected chi connectivity index (χ3v) is 3.36. The summed E-state index contributed by atoms with van der Waals surface area (Å²) in [5, 5.41) is 4.38. The van der Waals surface area contributed by atoms with Crippen molar-refractivity contribution in [1.82, 2.24) is 9.78 Å². The summed E-state index contributed by atoms with van der Waals surface area (Å²) in [5.74, 6) is 0.817. The standard InChI is InChI=1S/C11H19N3O/c1-8-9(10(15-3)14(2)13-8)11(12)6-4-5-7-11/h4-7,12H2,1-3H3. The van der Waals surface area contributed by atoms with Gasteiger partial charge in [-0.05, 0) is 19.8 Å². The van der Waals surface area contributed by atoms with Crippen molar-refractivity contribution in [1.29, 1.82) is 0 Å². The zero-order valence-corrected chi connectivity index (χ0v) is 9.71. The number of aryl methyl sites for hydroxylation is 2. The molecule has 0 unspecified atom stereocenters. The molecule has 1 aromatic rings. The van der Waals surface area contributed by atoms with Gasteiger partial charge in [-0.1, -0.05) is 12.8 Å². The smallest absolute Gasteiger partial charge is 0.216 e. The van der Waals surface area contributed by atoms with E-state index in [0.29, 0.717) is 0 Å². The summed E-state index contributed by atoms with van der Waals surface area (Å²) in [6.45, 7) is 2.00. The number of ether oxygens (including phenoxy) is 1. The van der Waals surface area contributed by atoms with E-state index in [1.807, 2.05) is 14.0 Å². The van der Waals surface area contributed by atoms with Crippen molar-refractivity contribution in [2.24, 2.45) is 12.8 Å². The van der Waals surface area contributed by atoms with Crippen LogP contribution in [-0.4, -0.2) is 16.9 Å². The molecule has 1 saturated carbocycles. The molecule has 15 heavy (non-hydrogen) atoms. The van der Waals surface area contributed by atoms with Crippen LogP contribution in [0.1, 0.15) is 36.9 Å². The van der Waals surface area contributed by atoms with Crippen molar-refractivity contribution >= 4 is 0 Å². The number of hydrogen-bond donors (Lipinski definition) is 1. The summed E-state index contributed by atoms with van der Waals surface area (Å²) in [6, 6.07) is 0. The van der Waals surface area contributed by atoms with Gasteiger partial charge in [0.2, 0.25) is 5.88 Å². The predicted molar refractivity (Wildman–Crippen MR) is 58.8 cm³/mol. The topological polar surface area (TPSA) is 53.1 Å². The molecule has 4 heteroatoms. The van der Waals surface area contributed by atoms with Crippen molar-refractivity contribution in [3.05, 3.63) is 11.3 Å². The molecule has 1 aromatic heterocycles. The van der Waals surface area contributed by atoms with E-state index in [-0.39, 0.29) is 5.54 Å². The molecule has 1 aliphatic rings. The van der Waals surface area contributed by atoms with Crippen LogP contribution in [0.4, 0.5) is 0 Å². The molecular formula is C11H19N3O. The average Bonchev–Trinajstić information content (AvgIpc) is 2.71. The van der Waals surface area contributed by atoms with Gasteiger partial charge in [0.05, 0.1) is 18.4 Å². The molecule has 0 saturated heterocycles. The van der Waals surface area contributed by atoms with Crippen LogP contribution >= 0.6 is 0 Å². The van der Waals surface area contributed by atoms with Gasteiger partial charge in [-0.25, -0.2) is 4.68 Å². The number of methoxy groups -OCH3 is 1. The number of nitrogens with zero attached hydrogens (tertiary/aromatic N) is 2. The zero-order valence-electron chi connectivity index (χ0n) is 9.71. The minimum Gasteiger partial charge on any atom is -0.481 e. The van der Waals surface area contributed by atoms with Crippen molar-refractivity contribution in [2.75, 3.05) is 7.11 Å². The minimum atomic E-state index is -0.219. The first kappa shape index (κ1) is 10.5. The van der Waals surface area contributed by atoms with Crippen molar-refractivity contribution < 1.29 is 4.74 Å². The lowest BCUT2D eigenvalue weighted by molar-refractivity contribution is 0.350. The Hall–Kier alpha value is -1.03. The fraction of sp³-hybridized carbons (Fsp3) is 0.727. The normalized spacial score (nSPS) is 19.5. The Labute approximate surface area is 90.4 Å². The fourth-order valence-corrected chi connectivity index (χ4v) is 2.70. The summed E-state index contributed by atoms with van der Waals surface area (Å²) < 4.78 is 7.17. The largest absolute Gasteiger partial charge is 0.481 e. The molecular weight excluding hydrogens is 190 g/mol. The molecule has 0 spiro atoms. The van der Waals surface area contributed by atoms with Gasteiger partial charge in [-0.15, -0.1) is 0 Å². The number of aromatic nitrogens is 2. The lowest BCUT2D eigenvalue weighted by Gasteiger charge is -2.24. The molecule has 0 aliphatic heterocycles. The Kier molecular flexibility index (Phi) is 2.46. The highest BCUT2D eigenvalue weighted by atomic mass is 16.5. The van der Waals surface area contributed by atoms with Gasteiger partial charge in [0.15, 0.2) is 0 Å². The molecule has 0 aromatic carbocycles. The van der Waals surface area contributed by atoms with E-state index < -0.39 is 0 Å². The van der Waals surface area contributed by atoms with Gasteiger partial charge in [0.1, 0.15) is 0 Å². The van der Waals surface area contributed by atoms with Gasteiger partial charge in [-0.3, -0.25) is 0 Å². The number of nitrogens with two attached hydrogens (primary N) is 1. The highest BCUT2D eigenvalue weighted by molar-refractivity contribution is 5.38. The lowest BCUT2D eigenvalue weighted by atomic mass is 9.89. The summed E-state index contributed by atoms with van der Waals surface area (Å²) in [7, 11) is 3.58. The van der Waals surface area contributed by atoms with Crippen LogP contribution in [-0.2, 0) is 12.6 Å². The summed E-state index contributed by atoms with van der Waals surface area (Å²) in [4.78, 5) is 0. The first-order valence-corrected chi connectivity index (χ1v) is 5.45. The molecule has 1 aliphatic carbocycles. The molecule has 2 N–H and O–H groups in total. The van der Waals surface area contributed by atoms with E-state index in [0.717, 1.165) is 30.0 Å². The van der Waals surface area contributed by atoms with Crippen LogP contribution < -0.4 is 10.5 Å². The van der Waals surface area contributed by atoms with Crippen LogP contribution in [0.15, 0.2) is 0 Å². The highest BCUT2D eigenvalue weighted by Gasteiger charge is 2.37. The third-order valence-electron chi connectivity index (χ3n) is 3.36. The summed E-state index contributed by atoms with van der Waals surface area (Å²) >= 11 is 0. The van der Waals surface area contributed by atoms with Crippen molar-refractivity contribution in [3.63, 3.8) is 0 Å². The van der Waals surface area contributed by atoms with E-state index >= 15 is 0 Å². The van der Waals surface area contributed by atoms with Crippen LogP contribution in [0.5, 0.6) is 5.88 Å². The first-order valence-electron chi connectivity index (χ1n) is 5.45. The maximum Gasteiger partial charge on any atom is 0.216 e. The van der Waals surface area contributed by atoms with Crippen LogP contribution in [0.3, 0.4) is 0 Å². The fourth-order valence-electron chi connectivity index (χ4n) is 2.70. The SMILES string of the molecule is COc1c(C2(N)CCCC2)c(C)nn1C. The average molecular weight is 209 g/mol. The maximum atomic E-state index is 6.44. The van der Waals surface area contributed by atoms with Gasteiger partial charge in [0.25, 0.3) is 0 Å². The van der Waals surface area contributed by atoms with E-state index in [9.17, 15) is 0 Å². The van der Waals surface area contributed by atoms with Gasteiger partial charge >= 0.3 is 0 Å². The van der Waals surface area contributed by atoms with Crippen molar-refractivity contribution in [3.8, 4) is 5.88 Å². The van der Waals surface area contributed by atoms with E-state index in [4.69, 9.17) is 10.5 Å². The Bertz CT molecular complexity index is 364. The molecule has 84 valence electrons. The summed E-state index contributed by atoms with van der Waals surface area (Å²) in [6.07, 6.45) is 4.48. The van der Waals surface area contributed by atoms with Gasteiger partial charge in [0, 0.05) is 12.6 Å². The molecule has 0 amide bonds. The van der Waals surface area contributed by atoms with E-state index in [1.165, 1.54) is 12.8 Å². The molecule has 2 rings (SSSR count). The Morgan fingerprint density at radius 3 is 2.53 bits per heavy atom. The van der Waals surface area contributed by atoms with Crippen LogP contribution in [0, 0.1) is 6.92 Å². The highest BCUT2D eigenvalue weighted by Crippen LogP contribution is 2.41. The Balaban J connectivity index is 2.50. The molecule has 1 fully saturated rings. The molecule has 1 heterocycles. The maximum absolute atomic E-state index is 6.44. The molecule has 0 atom stereocenters. The quantitative estimate of drug-likeness (QED) is 0.802. The number of hydrogen-bond acceptors (Lipinski definition) is 3. The Morgan fingerprint density at radius 2 is 2.00 bits per heavy atom. The third kappa shape index (κ3) is 1.53. The molecule has 0 bridgehead atoms. The van der Waals surface area contributed by atoms with Crippen LogP contribution in [0.25, 0.3) is 0 Å². The van der Waals surface area contributed by atoms with Crippen LogP contribution in [0.2, 0.25) is 0 Å². The second kappa shape index (κ2) is 3.52. The minimum absolute atomic E-state index is 0.219. The second-order valence-electron chi connectivity index (χ2n) is 4.46. The van der Waals surface area contributed by atoms with Crippen molar-refractivity contribution in [2.45, 2.75) is 38.1 Å². The lowest BCUT2D eigenvalue weighted by Crippen LogP contribution is -2.34. The number of rotatable bonds is 2. The van der Waals surface area contributed by atoms with Gasteiger partial charge in [-0.2, -0.15) is 5.10 Å².